The number of hydrogen-bond acceptors (Lipinski definition) is 2. The molecule has 0 aromatic heterocycles. The van der Waals surface area contributed by atoms with Gasteiger partial charge < -0.3 is 9.64 Å². The average Bonchev–Trinajstić information content (AvgIpc) is 2.46. The molecule has 0 spiro atoms. The zero-order valence-electron chi connectivity index (χ0n) is 10.9. The van der Waals surface area contributed by atoms with Crippen LogP contribution in [0.25, 0.3) is 0 Å². The van der Waals surface area contributed by atoms with Gasteiger partial charge in [-0.3, -0.25) is 0 Å². The van der Waals surface area contributed by atoms with E-state index in [2.05, 4.69) is 4.90 Å². The third-order valence-electron chi connectivity index (χ3n) is 3.03. The summed E-state index contributed by atoms with van der Waals surface area (Å²) in [5.41, 5.74) is 3.02. The van der Waals surface area contributed by atoms with Crippen molar-refractivity contribution in [3.8, 4) is 5.75 Å². The van der Waals surface area contributed by atoms with Crippen molar-refractivity contribution in [2.45, 2.75) is 5.88 Å². The second-order valence-corrected chi connectivity index (χ2v) is 4.84. The van der Waals surface area contributed by atoms with Crippen molar-refractivity contribution in [2.75, 3.05) is 19.1 Å². The highest BCUT2D eigenvalue weighted by Crippen LogP contribution is 2.29. The predicted octanol–water partition coefficient (Wildman–Crippen LogP) is 4.86. The lowest BCUT2D eigenvalue weighted by molar-refractivity contribution is 0.415. The lowest BCUT2D eigenvalue weighted by Gasteiger charge is -2.20. The minimum Gasteiger partial charge on any atom is -0.497 e. The minimum absolute atomic E-state index is 0.422. The number of ether oxygens (including phenoxy) is 1. The Hall–Kier alpha value is -1.38. The molecular weight excluding hydrogens is 281 g/mol. The van der Waals surface area contributed by atoms with E-state index in [1.807, 2.05) is 49.5 Å². The van der Waals surface area contributed by atoms with Crippen LogP contribution in [0.2, 0.25) is 5.02 Å². The first-order valence-corrected chi connectivity index (χ1v) is 6.79. The summed E-state index contributed by atoms with van der Waals surface area (Å²) in [7, 11) is 3.65. The normalized spacial score (nSPS) is 10.3. The largest absolute Gasteiger partial charge is 0.497 e. The summed E-state index contributed by atoms with van der Waals surface area (Å²) >= 11 is 12.0. The molecule has 0 atom stereocenters. The summed E-state index contributed by atoms with van der Waals surface area (Å²) in [5, 5.41) is 0.688. The molecule has 2 aromatic rings. The van der Waals surface area contributed by atoms with E-state index in [1.165, 1.54) is 0 Å². The van der Waals surface area contributed by atoms with Crippen molar-refractivity contribution in [1.82, 2.24) is 0 Å². The van der Waals surface area contributed by atoms with Crippen LogP contribution in [-0.2, 0) is 5.88 Å². The van der Waals surface area contributed by atoms with Gasteiger partial charge in [-0.05, 0) is 42.0 Å². The molecule has 0 fully saturated rings. The molecule has 100 valence electrons. The van der Waals surface area contributed by atoms with Crippen molar-refractivity contribution in [3.05, 3.63) is 53.1 Å². The Bertz CT molecular complexity index is 555. The maximum atomic E-state index is 6.18. The molecule has 0 aliphatic heterocycles. The summed E-state index contributed by atoms with van der Waals surface area (Å²) in [5.74, 6) is 1.26. The van der Waals surface area contributed by atoms with Gasteiger partial charge in [0.1, 0.15) is 5.75 Å². The summed E-state index contributed by atoms with van der Waals surface area (Å²) in [6.45, 7) is 0. The number of rotatable bonds is 4. The van der Waals surface area contributed by atoms with Crippen LogP contribution >= 0.6 is 23.2 Å². The van der Waals surface area contributed by atoms with Crippen molar-refractivity contribution >= 4 is 34.6 Å². The molecule has 0 N–H and O–H groups in total. The van der Waals surface area contributed by atoms with Crippen molar-refractivity contribution in [3.63, 3.8) is 0 Å². The number of anilines is 2. The first-order valence-electron chi connectivity index (χ1n) is 5.88. The molecule has 2 aromatic carbocycles. The predicted molar refractivity (Wildman–Crippen MR) is 82.1 cm³/mol. The van der Waals surface area contributed by atoms with E-state index in [-0.39, 0.29) is 0 Å². The molecule has 0 saturated heterocycles. The quantitative estimate of drug-likeness (QED) is 0.747. The topological polar surface area (TPSA) is 12.5 Å². The second-order valence-electron chi connectivity index (χ2n) is 4.17. The lowest BCUT2D eigenvalue weighted by atomic mass is 10.2. The Labute approximate surface area is 123 Å². The van der Waals surface area contributed by atoms with Crippen LogP contribution in [0.4, 0.5) is 11.4 Å². The van der Waals surface area contributed by atoms with Crippen LogP contribution in [0.5, 0.6) is 5.75 Å². The van der Waals surface area contributed by atoms with Gasteiger partial charge >= 0.3 is 0 Å². The highest BCUT2D eigenvalue weighted by atomic mass is 35.5. The monoisotopic (exact) mass is 295 g/mol. The van der Waals surface area contributed by atoms with Crippen LogP contribution in [0.1, 0.15) is 5.56 Å². The summed E-state index contributed by atoms with van der Waals surface area (Å²) in [6, 6.07) is 13.7. The molecule has 0 amide bonds. The summed E-state index contributed by atoms with van der Waals surface area (Å²) in [4.78, 5) is 2.06. The molecular formula is C15H15Cl2NO. The Balaban J connectivity index is 2.27. The van der Waals surface area contributed by atoms with Crippen LogP contribution < -0.4 is 9.64 Å². The van der Waals surface area contributed by atoms with Gasteiger partial charge in [0.05, 0.1) is 7.11 Å². The van der Waals surface area contributed by atoms with Crippen LogP contribution in [0, 0.1) is 0 Å². The molecule has 0 aliphatic rings. The molecule has 2 nitrogen and oxygen atoms in total. The van der Waals surface area contributed by atoms with Gasteiger partial charge in [0, 0.05) is 29.3 Å². The van der Waals surface area contributed by atoms with Crippen molar-refractivity contribution in [1.29, 1.82) is 0 Å². The Morgan fingerprint density at radius 2 is 1.68 bits per heavy atom. The van der Waals surface area contributed by atoms with E-state index < -0.39 is 0 Å². The Kier molecular flexibility index (Phi) is 4.56. The fraction of sp³-hybridized carbons (Fsp3) is 0.200. The average molecular weight is 296 g/mol. The Morgan fingerprint density at radius 3 is 2.21 bits per heavy atom. The van der Waals surface area contributed by atoms with Gasteiger partial charge in [0.15, 0.2) is 0 Å². The highest BCUT2D eigenvalue weighted by Gasteiger charge is 2.07. The SMILES string of the molecule is COc1ccc(N(C)c2ccc(CCl)c(Cl)c2)cc1. The van der Waals surface area contributed by atoms with Gasteiger partial charge in [0.25, 0.3) is 0 Å². The smallest absolute Gasteiger partial charge is 0.119 e. The summed E-state index contributed by atoms with van der Waals surface area (Å²) in [6.07, 6.45) is 0. The van der Waals surface area contributed by atoms with Crippen LogP contribution in [-0.4, -0.2) is 14.2 Å². The van der Waals surface area contributed by atoms with Crippen molar-refractivity contribution in [2.24, 2.45) is 0 Å². The number of methoxy groups -OCH3 is 1. The Morgan fingerprint density at radius 1 is 1.05 bits per heavy atom. The number of halogens is 2. The number of alkyl halides is 1. The molecule has 2 rings (SSSR count). The van der Waals surface area contributed by atoms with Gasteiger partial charge in [-0.15, -0.1) is 11.6 Å². The molecule has 0 unspecified atom stereocenters. The molecule has 4 heteroatoms. The van der Waals surface area contributed by atoms with Crippen molar-refractivity contribution < 1.29 is 4.74 Å². The maximum Gasteiger partial charge on any atom is 0.119 e. The molecule has 0 saturated carbocycles. The van der Waals surface area contributed by atoms with Gasteiger partial charge in [-0.2, -0.15) is 0 Å². The third kappa shape index (κ3) is 3.14. The minimum atomic E-state index is 0.422. The number of benzene rings is 2. The molecule has 0 bridgehead atoms. The highest BCUT2D eigenvalue weighted by molar-refractivity contribution is 6.32. The van der Waals surface area contributed by atoms with Crippen LogP contribution in [0.3, 0.4) is 0 Å². The fourth-order valence-electron chi connectivity index (χ4n) is 1.81. The fourth-order valence-corrected chi connectivity index (χ4v) is 2.35. The van der Waals surface area contributed by atoms with E-state index in [1.54, 1.807) is 7.11 Å². The number of hydrogen-bond donors (Lipinski definition) is 0. The first kappa shape index (κ1) is 14.0. The summed E-state index contributed by atoms with van der Waals surface area (Å²) < 4.78 is 5.15. The molecule has 0 heterocycles. The van der Waals surface area contributed by atoms with Gasteiger partial charge in [-0.25, -0.2) is 0 Å². The van der Waals surface area contributed by atoms with E-state index in [9.17, 15) is 0 Å². The zero-order chi connectivity index (χ0) is 13.8. The molecule has 0 aliphatic carbocycles. The van der Waals surface area contributed by atoms with E-state index in [0.29, 0.717) is 10.9 Å². The maximum absolute atomic E-state index is 6.18. The second kappa shape index (κ2) is 6.18. The lowest BCUT2D eigenvalue weighted by Crippen LogP contribution is -2.09. The standard InChI is InChI=1S/C15H15Cl2NO/c1-18(12-5-7-14(19-2)8-6-12)13-4-3-11(10-16)15(17)9-13/h3-9H,10H2,1-2H3. The van der Waals surface area contributed by atoms with Gasteiger partial charge in [0.2, 0.25) is 0 Å². The van der Waals surface area contributed by atoms with Gasteiger partial charge in [-0.1, -0.05) is 17.7 Å². The van der Waals surface area contributed by atoms with E-state index in [0.717, 1.165) is 22.7 Å². The first-order chi connectivity index (χ1) is 9.15. The number of nitrogens with zero attached hydrogens (tertiary/aromatic N) is 1. The molecule has 0 radical (unpaired) electrons. The van der Waals surface area contributed by atoms with E-state index in [4.69, 9.17) is 27.9 Å². The van der Waals surface area contributed by atoms with E-state index >= 15 is 0 Å². The molecule has 19 heavy (non-hydrogen) atoms. The third-order valence-corrected chi connectivity index (χ3v) is 3.67. The zero-order valence-corrected chi connectivity index (χ0v) is 12.4. The van der Waals surface area contributed by atoms with Crippen LogP contribution in [0.15, 0.2) is 42.5 Å².